The van der Waals surface area contributed by atoms with Crippen molar-refractivity contribution in [2.45, 2.75) is 37.8 Å². The molecule has 0 radical (unpaired) electrons. The Labute approximate surface area is 149 Å². The summed E-state index contributed by atoms with van der Waals surface area (Å²) in [5.74, 6) is 0.781. The van der Waals surface area contributed by atoms with Crippen LogP contribution in [-0.2, 0) is 0 Å². The van der Waals surface area contributed by atoms with Gasteiger partial charge in [-0.05, 0) is 31.4 Å². The fraction of sp³-hybridized carbons (Fsp3) is 0.632. The van der Waals surface area contributed by atoms with Crippen molar-refractivity contribution >= 4 is 11.7 Å². The van der Waals surface area contributed by atoms with Crippen molar-refractivity contribution in [1.82, 2.24) is 14.7 Å². The average molecular weight is 344 g/mol. The van der Waals surface area contributed by atoms with Crippen molar-refractivity contribution in [3.05, 3.63) is 24.3 Å². The monoisotopic (exact) mass is 344 g/mol. The number of ether oxygens (including phenoxy) is 1. The van der Waals surface area contributed by atoms with Gasteiger partial charge in [0.25, 0.3) is 0 Å². The second kappa shape index (κ2) is 7.12. The topological polar surface area (TPSA) is 62.0 Å². The zero-order valence-electron chi connectivity index (χ0n) is 14.8. The molecule has 2 amide bonds. The van der Waals surface area contributed by atoms with Gasteiger partial charge in [-0.1, -0.05) is 12.5 Å². The van der Waals surface area contributed by atoms with Crippen LogP contribution in [0.4, 0.5) is 10.5 Å². The first-order valence-corrected chi connectivity index (χ1v) is 9.49. The largest absolute Gasteiger partial charge is 0.487 e. The van der Waals surface area contributed by atoms with Crippen LogP contribution in [0.15, 0.2) is 24.3 Å². The second-order valence-corrected chi connectivity index (χ2v) is 7.46. The number of rotatable bonds is 3. The number of urea groups is 1. The number of hydrogen-bond acceptors (Lipinski definition) is 4. The minimum Gasteiger partial charge on any atom is -0.487 e. The highest BCUT2D eigenvalue weighted by Crippen LogP contribution is 2.26. The standard InChI is InChI=1S/C19H28N4O2/c20-15-4-1-7-17(12-15)25-18-13-23(14-18)19(24)22-9-3-8-21(10-11-22)16-5-2-6-16/h1,4,7,12,16,18H,2-3,5-6,8-11,13-14,20H2. The lowest BCUT2D eigenvalue weighted by Crippen LogP contribution is -2.60. The van der Waals surface area contributed by atoms with Crippen LogP contribution < -0.4 is 10.5 Å². The predicted octanol–water partition coefficient (Wildman–Crippen LogP) is 2.01. The van der Waals surface area contributed by atoms with E-state index in [9.17, 15) is 4.79 Å². The van der Waals surface area contributed by atoms with E-state index in [2.05, 4.69) is 4.90 Å². The van der Waals surface area contributed by atoms with E-state index in [1.165, 1.54) is 19.3 Å². The van der Waals surface area contributed by atoms with Gasteiger partial charge in [0.2, 0.25) is 0 Å². The maximum atomic E-state index is 12.7. The third-order valence-electron chi connectivity index (χ3n) is 5.67. The molecule has 2 aliphatic heterocycles. The number of nitrogen functional groups attached to an aromatic ring is 1. The van der Waals surface area contributed by atoms with E-state index in [-0.39, 0.29) is 12.1 Å². The molecule has 0 aromatic heterocycles. The van der Waals surface area contributed by atoms with Crippen LogP contribution in [0.25, 0.3) is 0 Å². The highest BCUT2D eigenvalue weighted by molar-refractivity contribution is 5.75. The minimum atomic E-state index is 0.0733. The molecule has 0 unspecified atom stereocenters. The molecular formula is C19H28N4O2. The fourth-order valence-electron chi connectivity index (χ4n) is 3.89. The molecule has 1 aromatic rings. The molecule has 6 heteroatoms. The molecule has 1 aromatic carbocycles. The maximum absolute atomic E-state index is 12.7. The summed E-state index contributed by atoms with van der Waals surface area (Å²) in [5.41, 5.74) is 6.47. The van der Waals surface area contributed by atoms with E-state index >= 15 is 0 Å². The van der Waals surface area contributed by atoms with Gasteiger partial charge in [-0.3, -0.25) is 4.90 Å². The smallest absolute Gasteiger partial charge is 0.320 e. The zero-order valence-corrected chi connectivity index (χ0v) is 14.8. The highest BCUT2D eigenvalue weighted by Gasteiger charge is 2.36. The molecule has 2 saturated heterocycles. The number of likely N-dealkylation sites (tertiary alicyclic amines) is 1. The lowest BCUT2D eigenvalue weighted by atomic mass is 9.91. The van der Waals surface area contributed by atoms with Crippen LogP contribution in [0.2, 0.25) is 0 Å². The van der Waals surface area contributed by atoms with Gasteiger partial charge in [0, 0.05) is 44.0 Å². The molecule has 1 saturated carbocycles. The van der Waals surface area contributed by atoms with Crippen molar-refractivity contribution in [1.29, 1.82) is 0 Å². The Balaban J connectivity index is 1.24. The van der Waals surface area contributed by atoms with Crippen molar-refractivity contribution in [2.75, 3.05) is 45.0 Å². The van der Waals surface area contributed by atoms with Gasteiger partial charge < -0.3 is 20.3 Å². The summed E-state index contributed by atoms with van der Waals surface area (Å²) in [4.78, 5) is 19.2. The van der Waals surface area contributed by atoms with E-state index in [1.54, 1.807) is 0 Å². The van der Waals surface area contributed by atoms with Gasteiger partial charge in [-0.2, -0.15) is 0 Å². The Morgan fingerprint density at radius 3 is 2.60 bits per heavy atom. The number of hydrogen-bond donors (Lipinski definition) is 1. The van der Waals surface area contributed by atoms with Crippen LogP contribution in [0.1, 0.15) is 25.7 Å². The number of nitrogens with two attached hydrogens (primary N) is 1. The van der Waals surface area contributed by atoms with E-state index in [0.717, 1.165) is 44.4 Å². The molecule has 3 fully saturated rings. The van der Waals surface area contributed by atoms with Crippen molar-refractivity contribution < 1.29 is 9.53 Å². The summed E-state index contributed by atoms with van der Waals surface area (Å²) >= 11 is 0. The maximum Gasteiger partial charge on any atom is 0.320 e. The van der Waals surface area contributed by atoms with E-state index in [4.69, 9.17) is 10.5 Å². The molecule has 2 N–H and O–H groups in total. The predicted molar refractivity (Wildman–Crippen MR) is 97.6 cm³/mol. The van der Waals surface area contributed by atoms with E-state index in [1.807, 2.05) is 34.1 Å². The molecule has 6 nitrogen and oxygen atoms in total. The fourth-order valence-corrected chi connectivity index (χ4v) is 3.89. The quantitative estimate of drug-likeness (QED) is 0.852. The van der Waals surface area contributed by atoms with E-state index < -0.39 is 0 Å². The normalized spacial score (nSPS) is 22.9. The van der Waals surface area contributed by atoms with Crippen LogP contribution in [0, 0.1) is 0 Å². The van der Waals surface area contributed by atoms with Crippen molar-refractivity contribution in [2.24, 2.45) is 0 Å². The molecular weight excluding hydrogens is 316 g/mol. The SMILES string of the molecule is Nc1cccc(OC2CN(C(=O)N3CCCN(C4CCC4)CC3)C2)c1. The van der Waals surface area contributed by atoms with Gasteiger partial charge in [0.05, 0.1) is 13.1 Å². The van der Waals surface area contributed by atoms with Crippen molar-refractivity contribution in [3.8, 4) is 5.75 Å². The number of amides is 2. The lowest BCUT2D eigenvalue weighted by molar-refractivity contribution is 0.0309. The Bertz CT molecular complexity index is 613. The molecule has 25 heavy (non-hydrogen) atoms. The summed E-state index contributed by atoms with van der Waals surface area (Å²) in [6.45, 7) is 5.21. The van der Waals surface area contributed by atoms with Gasteiger partial charge in [0.1, 0.15) is 11.9 Å². The van der Waals surface area contributed by atoms with Gasteiger partial charge in [0.15, 0.2) is 0 Å². The van der Waals surface area contributed by atoms with E-state index in [0.29, 0.717) is 18.8 Å². The van der Waals surface area contributed by atoms with Gasteiger partial charge in [-0.25, -0.2) is 4.79 Å². The van der Waals surface area contributed by atoms with Crippen LogP contribution >= 0.6 is 0 Å². The molecule has 1 aliphatic carbocycles. The van der Waals surface area contributed by atoms with Crippen LogP contribution in [0.3, 0.4) is 0 Å². The molecule has 0 bridgehead atoms. The summed E-state index contributed by atoms with van der Waals surface area (Å²) in [6, 6.07) is 8.41. The molecule has 136 valence electrons. The molecule has 2 heterocycles. The molecule has 0 spiro atoms. The van der Waals surface area contributed by atoms with Crippen LogP contribution in [0.5, 0.6) is 5.75 Å². The summed E-state index contributed by atoms with van der Waals surface area (Å²) < 4.78 is 5.89. The zero-order chi connectivity index (χ0) is 17.2. The highest BCUT2D eigenvalue weighted by atomic mass is 16.5. The van der Waals surface area contributed by atoms with Gasteiger partial charge >= 0.3 is 6.03 Å². The first-order valence-electron chi connectivity index (χ1n) is 9.49. The summed E-state index contributed by atoms with van der Waals surface area (Å²) in [5, 5.41) is 0. The molecule has 4 rings (SSSR count). The Morgan fingerprint density at radius 2 is 1.88 bits per heavy atom. The first kappa shape index (κ1) is 16.5. The number of benzene rings is 1. The molecule has 3 aliphatic rings. The van der Waals surface area contributed by atoms with Crippen LogP contribution in [-0.4, -0.2) is 72.1 Å². The summed E-state index contributed by atoms with van der Waals surface area (Å²) in [7, 11) is 0. The summed E-state index contributed by atoms with van der Waals surface area (Å²) in [6.07, 6.45) is 5.20. The number of carbonyl (C=O) groups is 1. The third-order valence-corrected chi connectivity index (χ3v) is 5.67. The van der Waals surface area contributed by atoms with Gasteiger partial charge in [-0.15, -0.1) is 0 Å². The molecule has 0 atom stereocenters. The first-order chi connectivity index (χ1) is 12.2. The lowest BCUT2D eigenvalue weighted by Gasteiger charge is -2.41. The number of anilines is 1. The second-order valence-electron chi connectivity index (χ2n) is 7.46. The Kier molecular flexibility index (Phi) is 4.70. The Hall–Kier alpha value is -1.95. The minimum absolute atomic E-state index is 0.0733. The third kappa shape index (κ3) is 3.68. The number of nitrogens with zero attached hydrogens (tertiary/aromatic N) is 3. The Morgan fingerprint density at radius 1 is 1.04 bits per heavy atom. The average Bonchev–Trinajstić information content (AvgIpc) is 2.74. The number of carbonyl (C=O) groups excluding carboxylic acids is 1. The van der Waals surface area contributed by atoms with Crippen molar-refractivity contribution in [3.63, 3.8) is 0 Å².